The van der Waals surface area contributed by atoms with Crippen molar-refractivity contribution in [3.63, 3.8) is 0 Å². The third kappa shape index (κ3) is 4.35. The molecule has 0 heterocycles. The van der Waals surface area contributed by atoms with Crippen molar-refractivity contribution < 1.29 is 87.8 Å². The largest absolute Gasteiger partial charge is 0.435 e. The lowest BCUT2D eigenvalue weighted by atomic mass is 9.75. The van der Waals surface area contributed by atoms with Crippen LogP contribution in [-0.4, -0.2) is 48.4 Å². The fourth-order valence-corrected chi connectivity index (χ4v) is 2.01. The Hall–Kier alpha value is -1.66. The van der Waals surface area contributed by atoms with Crippen LogP contribution in [0.2, 0.25) is 0 Å². The molecule has 0 saturated heterocycles. The topological polar surface area (TPSA) is 0 Å². The predicted octanol–water partition coefficient (Wildman–Crippen LogP) is 7.07. The van der Waals surface area contributed by atoms with Gasteiger partial charge in [0.2, 0.25) is 0 Å². The first-order valence-electron chi connectivity index (χ1n) is 6.03. The minimum absolute atomic E-state index is 5.82. The first-order chi connectivity index (χ1) is 12.5. The zero-order chi connectivity index (χ0) is 25.2. The Kier molecular flexibility index (Phi) is 6.54. The van der Waals surface area contributed by atoms with E-state index < -0.39 is 59.5 Å². The summed E-state index contributed by atoms with van der Waals surface area (Å²) in [5, 5.41) is 0. The van der Waals surface area contributed by atoms with Crippen molar-refractivity contribution in [3.05, 3.63) is 11.1 Å². The third-order valence-corrected chi connectivity index (χ3v) is 3.09. The minimum Gasteiger partial charge on any atom is -0.224 e. The van der Waals surface area contributed by atoms with Gasteiger partial charge in [-0.25, -0.2) is 8.78 Å². The van der Waals surface area contributed by atoms with Gasteiger partial charge < -0.3 is 0 Å². The van der Waals surface area contributed by atoms with Crippen LogP contribution in [0.1, 0.15) is 0 Å². The molecule has 0 aliphatic heterocycles. The average molecular weight is 500 g/mol. The van der Waals surface area contributed by atoms with Crippen molar-refractivity contribution in [2.45, 2.75) is 48.4 Å². The first-order valence-corrected chi connectivity index (χ1v) is 6.03. The Balaban J connectivity index is 8.33. The van der Waals surface area contributed by atoms with Gasteiger partial charge in [-0.05, 0) is 0 Å². The van der Waals surface area contributed by atoms with Crippen molar-refractivity contribution in [3.8, 4) is 0 Å². The molecule has 180 valence electrons. The Morgan fingerprint density at radius 2 is 0.533 bits per heavy atom. The number of allylic oxidation sites excluding steroid dienone is 2. The van der Waals surface area contributed by atoms with Crippen LogP contribution in [0, 0.1) is 0 Å². The molecule has 0 aliphatic carbocycles. The van der Waals surface area contributed by atoms with Gasteiger partial charge in [0.25, 0.3) is 5.67 Å². The molecule has 20 heteroatoms. The van der Waals surface area contributed by atoms with Crippen LogP contribution in [0.5, 0.6) is 0 Å². The monoisotopic (exact) mass is 500 g/mol. The molecular formula is C10F20. The van der Waals surface area contributed by atoms with Crippen LogP contribution < -0.4 is 0 Å². The van der Waals surface area contributed by atoms with Crippen molar-refractivity contribution >= 4 is 0 Å². The summed E-state index contributed by atoms with van der Waals surface area (Å²) in [6.07, 6.45) is -49.6. The molecule has 0 bridgehead atoms. The second kappa shape index (κ2) is 6.92. The summed E-state index contributed by atoms with van der Waals surface area (Å²) in [5.74, 6) is 0. The Labute approximate surface area is 149 Å². The molecule has 0 radical (unpaired) electrons. The fourth-order valence-electron chi connectivity index (χ4n) is 2.01. The van der Waals surface area contributed by atoms with Crippen LogP contribution in [-0.2, 0) is 0 Å². The quantitative estimate of drug-likeness (QED) is 0.281. The van der Waals surface area contributed by atoms with E-state index in [2.05, 4.69) is 0 Å². The third-order valence-electron chi connectivity index (χ3n) is 3.09. The van der Waals surface area contributed by atoms with Crippen LogP contribution >= 0.6 is 0 Å². The van der Waals surface area contributed by atoms with E-state index in [0.29, 0.717) is 0 Å². The van der Waals surface area contributed by atoms with Gasteiger partial charge in [-0.2, -0.15) is 79.0 Å². The van der Waals surface area contributed by atoms with E-state index >= 15 is 0 Å². The average Bonchev–Trinajstić information content (AvgIpc) is 2.34. The number of hydrogen-bond acceptors (Lipinski definition) is 0. The Morgan fingerprint density at radius 1 is 0.300 bits per heavy atom. The first kappa shape index (κ1) is 28.3. The maximum atomic E-state index is 14.1. The molecule has 0 aliphatic rings. The van der Waals surface area contributed by atoms with Gasteiger partial charge in [-0.3, -0.25) is 0 Å². The molecule has 1 unspecified atom stereocenters. The standard InChI is InChI=1S/C10F20/c11-3(8(22,23)24,7(21,9(25,26)27)10(28,29)30)1(4(12,13)14)2(5(15,16)17)6(18,19)20. The van der Waals surface area contributed by atoms with Gasteiger partial charge in [0, 0.05) is 0 Å². The number of rotatable bonds is 2. The van der Waals surface area contributed by atoms with Crippen molar-refractivity contribution in [2.75, 3.05) is 0 Å². The van der Waals surface area contributed by atoms with E-state index in [4.69, 9.17) is 0 Å². The summed E-state index contributed by atoms with van der Waals surface area (Å²) in [6.45, 7) is 0. The summed E-state index contributed by atoms with van der Waals surface area (Å²) in [6, 6.07) is 0. The Bertz CT molecular complexity index is 625. The lowest BCUT2D eigenvalue weighted by molar-refractivity contribution is -0.411. The highest BCUT2D eigenvalue weighted by Gasteiger charge is 2.93. The van der Waals surface area contributed by atoms with Crippen molar-refractivity contribution in [1.29, 1.82) is 0 Å². The van der Waals surface area contributed by atoms with E-state index in [9.17, 15) is 87.8 Å². The molecule has 30 heavy (non-hydrogen) atoms. The smallest absolute Gasteiger partial charge is 0.224 e. The van der Waals surface area contributed by atoms with Gasteiger partial charge in [0.05, 0.1) is 0 Å². The van der Waals surface area contributed by atoms with E-state index in [1.165, 1.54) is 0 Å². The summed E-state index contributed by atoms with van der Waals surface area (Å²) >= 11 is 0. The molecule has 0 aromatic heterocycles. The zero-order valence-electron chi connectivity index (χ0n) is 12.6. The highest BCUT2D eigenvalue weighted by Crippen LogP contribution is 2.65. The summed E-state index contributed by atoms with van der Waals surface area (Å²) in [5.41, 5.74) is -30.0. The van der Waals surface area contributed by atoms with E-state index in [-0.39, 0.29) is 0 Å². The van der Waals surface area contributed by atoms with Gasteiger partial charge >= 0.3 is 42.7 Å². The normalized spacial score (nSPS) is 17.6. The highest BCUT2D eigenvalue weighted by molar-refractivity contribution is 5.41. The van der Waals surface area contributed by atoms with Crippen molar-refractivity contribution in [1.82, 2.24) is 0 Å². The molecule has 0 nitrogen and oxygen atoms in total. The van der Waals surface area contributed by atoms with Gasteiger partial charge in [-0.1, -0.05) is 0 Å². The second-order valence-corrected chi connectivity index (χ2v) is 5.05. The number of hydrogen-bond donors (Lipinski definition) is 0. The van der Waals surface area contributed by atoms with Crippen molar-refractivity contribution in [2.24, 2.45) is 0 Å². The highest BCUT2D eigenvalue weighted by atomic mass is 19.4. The predicted molar refractivity (Wildman–Crippen MR) is 51.0 cm³/mol. The maximum Gasteiger partial charge on any atom is 0.435 e. The number of halogens is 20. The van der Waals surface area contributed by atoms with E-state index in [1.54, 1.807) is 0 Å². The summed E-state index contributed by atoms with van der Waals surface area (Å²) in [4.78, 5) is 0. The molecule has 0 saturated carbocycles. The molecule has 0 N–H and O–H groups in total. The fraction of sp³-hybridized carbons (Fsp3) is 0.800. The zero-order valence-corrected chi connectivity index (χ0v) is 12.6. The van der Waals surface area contributed by atoms with Crippen LogP contribution in [0.4, 0.5) is 87.8 Å². The number of alkyl halides is 20. The molecule has 0 amide bonds. The van der Waals surface area contributed by atoms with E-state index in [1.807, 2.05) is 0 Å². The van der Waals surface area contributed by atoms with Gasteiger partial charge in [0.15, 0.2) is 0 Å². The SMILES string of the molecule is FC(F)(F)C(=C(C(F)(F)F)C(F)(C(F)(F)F)C(F)(C(F)(F)F)C(F)(F)F)C(F)(F)F. The molecule has 0 aromatic carbocycles. The van der Waals surface area contributed by atoms with Gasteiger partial charge in [-0.15, -0.1) is 0 Å². The molecule has 0 rings (SSSR count). The molecule has 0 aromatic rings. The molecule has 0 spiro atoms. The Morgan fingerprint density at radius 3 is 0.667 bits per heavy atom. The lowest BCUT2D eigenvalue weighted by Gasteiger charge is -2.44. The van der Waals surface area contributed by atoms with Gasteiger partial charge in [0.1, 0.15) is 11.1 Å². The van der Waals surface area contributed by atoms with E-state index in [0.717, 1.165) is 0 Å². The summed E-state index contributed by atoms with van der Waals surface area (Å²) < 4.78 is 253. The van der Waals surface area contributed by atoms with Crippen LogP contribution in [0.25, 0.3) is 0 Å². The summed E-state index contributed by atoms with van der Waals surface area (Å²) in [7, 11) is 0. The second-order valence-electron chi connectivity index (χ2n) is 5.05. The van der Waals surface area contributed by atoms with Crippen LogP contribution in [0.15, 0.2) is 11.1 Å². The molecular weight excluding hydrogens is 500 g/mol. The maximum absolute atomic E-state index is 14.1. The van der Waals surface area contributed by atoms with Crippen LogP contribution in [0.3, 0.4) is 0 Å². The molecule has 1 atom stereocenters. The molecule has 0 fully saturated rings. The minimum atomic E-state index is -9.00. The lowest BCUT2D eigenvalue weighted by Crippen LogP contribution is -2.73.